The lowest BCUT2D eigenvalue weighted by molar-refractivity contribution is 0.245. The largest absolute Gasteiger partial charge is 0.354 e. The number of piperazine rings is 1. The normalized spacial score (nSPS) is 16.4. The molecule has 3 aromatic rings. The van der Waals surface area contributed by atoms with Gasteiger partial charge in [0.2, 0.25) is 5.95 Å². The van der Waals surface area contributed by atoms with Gasteiger partial charge in [-0.25, -0.2) is 9.97 Å². The Balaban J connectivity index is 1.60. The van der Waals surface area contributed by atoms with Crippen LogP contribution in [0, 0.1) is 17.3 Å². The molecule has 1 fully saturated rings. The summed E-state index contributed by atoms with van der Waals surface area (Å²) in [5, 5.41) is 13.5. The summed E-state index contributed by atoms with van der Waals surface area (Å²) in [6, 6.07) is 15.9. The molecule has 0 saturated carbocycles. The highest BCUT2D eigenvalue weighted by Crippen LogP contribution is 2.36. The first-order chi connectivity index (χ1) is 15.7. The molecular formula is C25H25FN6. The Morgan fingerprint density at radius 1 is 1.06 bits per heavy atom. The van der Waals surface area contributed by atoms with Crippen molar-refractivity contribution >= 4 is 5.82 Å². The molecule has 1 saturated heterocycles. The van der Waals surface area contributed by atoms with E-state index in [0.29, 0.717) is 23.4 Å². The summed E-state index contributed by atoms with van der Waals surface area (Å²) in [7, 11) is 0. The van der Waals surface area contributed by atoms with Gasteiger partial charge in [0.15, 0.2) is 0 Å². The van der Waals surface area contributed by atoms with Gasteiger partial charge in [0.25, 0.3) is 0 Å². The standard InChI is InChI=1S/C25H25FN6/c26-23-14-19(6-8-29-23)24-21(15-27)22-17-31(16-18-4-2-1-3-5-18)11-7-20(22)25(30-24)32-12-9-28-10-13-32/h1-6,8,14,28H,7,9-13,16-17H2. The minimum atomic E-state index is -0.569. The van der Waals surface area contributed by atoms with Crippen molar-refractivity contribution in [1.82, 2.24) is 20.2 Å². The summed E-state index contributed by atoms with van der Waals surface area (Å²) in [6.45, 7) is 5.94. The highest BCUT2D eigenvalue weighted by atomic mass is 19.1. The number of nitrogens with zero attached hydrogens (tertiary/aromatic N) is 5. The van der Waals surface area contributed by atoms with Gasteiger partial charge < -0.3 is 10.2 Å². The number of nitrogens with one attached hydrogen (secondary N) is 1. The summed E-state index contributed by atoms with van der Waals surface area (Å²) < 4.78 is 13.9. The van der Waals surface area contributed by atoms with E-state index in [4.69, 9.17) is 4.98 Å². The van der Waals surface area contributed by atoms with Gasteiger partial charge in [-0.2, -0.15) is 9.65 Å². The first kappa shape index (κ1) is 20.6. The Morgan fingerprint density at radius 3 is 2.62 bits per heavy atom. The topological polar surface area (TPSA) is 68.1 Å². The second-order valence-corrected chi connectivity index (χ2v) is 8.28. The van der Waals surface area contributed by atoms with E-state index in [9.17, 15) is 9.65 Å². The van der Waals surface area contributed by atoms with Gasteiger partial charge in [0.05, 0.1) is 11.3 Å². The van der Waals surface area contributed by atoms with Crippen LogP contribution in [0.2, 0.25) is 0 Å². The number of anilines is 1. The van der Waals surface area contributed by atoms with Gasteiger partial charge in [0, 0.05) is 69.2 Å². The molecule has 2 aromatic heterocycles. The summed E-state index contributed by atoms with van der Waals surface area (Å²) >= 11 is 0. The summed E-state index contributed by atoms with van der Waals surface area (Å²) in [6.07, 6.45) is 2.27. The van der Waals surface area contributed by atoms with Crippen molar-refractivity contribution in [3.05, 3.63) is 76.9 Å². The lowest BCUT2D eigenvalue weighted by Gasteiger charge is -2.35. The van der Waals surface area contributed by atoms with Crippen molar-refractivity contribution in [2.45, 2.75) is 19.5 Å². The van der Waals surface area contributed by atoms with Gasteiger partial charge in [-0.15, -0.1) is 0 Å². The molecule has 0 radical (unpaired) electrons. The molecule has 2 aliphatic rings. The molecule has 2 aliphatic heterocycles. The van der Waals surface area contributed by atoms with E-state index in [-0.39, 0.29) is 0 Å². The average molecular weight is 429 g/mol. The average Bonchev–Trinajstić information content (AvgIpc) is 2.84. The number of pyridine rings is 2. The monoisotopic (exact) mass is 428 g/mol. The SMILES string of the molecule is N#Cc1c(-c2ccnc(F)c2)nc(N2CCNCC2)c2c1CN(Cc1ccccc1)CC2. The number of fused-ring (bicyclic) bond motifs is 1. The molecular weight excluding hydrogens is 403 g/mol. The molecule has 6 nitrogen and oxygen atoms in total. The maximum atomic E-state index is 13.9. The molecule has 0 unspecified atom stereocenters. The summed E-state index contributed by atoms with van der Waals surface area (Å²) in [4.78, 5) is 13.3. The second kappa shape index (κ2) is 9.03. The van der Waals surface area contributed by atoms with Gasteiger partial charge in [-0.1, -0.05) is 30.3 Å². The van der Waals surface area contributed by atoms with Crippen molar-refractivity contribution in [3.63, 3.8) is 0 Å². The van der Waals surface area contributed by atoms with Gasteiger partial charge >= 0.3 is 0 Å². The number of benzene rings is 1. The van der Waals surface area contributed by atoms with Gasteiger partial charge in [-0.05, 0) is 23.6 Å². The molecule has 0 bridgehead atoms. The van der Waals surface area contributed by atoms with Crippen LogP contribution >= 0.6 is 0 Å². The summed E-state index contributed by atoms with van der Waals surface area (Å²) in [5.74, 6) is 0.368. The minimum absolute atomic E-state index is 0.544. The number of nitriles is 1. The lowest BCUT2D eigenvalue weighted by atomic mass is 9.92. The second-order valence-electron chi connectivity index (χ2n) is 8.28. The van der Waals surface area contributed by atoms with Crippen LogP contribution in [0.5, 0.6) is 0 Å². The Hall–Kier alpha value is -3.34. The van der Waals surface area contributed by atoms with Crippen LogP contribution in [0.4, 0.5) is 10.2 Å². The van der Waals surface area contributed by atoms with Crippen LogP contribution in [0.25, 0.3) is 11.3 Å². The Kier molecular flexibility index (Phi) is 5.80. The van der Waals surface area contributed by atoms with Gasteiger partial charge in [0.1, 0.15) is 11.9 Å². The van der Waals surface area contributed by atoms with Crippen LogP contribution in [-0.4, -0.2) is 47.6 Å². The maximum absolute atomic E-state index is 13.9. The minimum Gasteiger partial charge on any atom is -0.354 e. The molecule has 162 valence electrons. The molecule has 0 aliphatic carbocycles. The van der Waals surface area contributed by atoms with E-state index in [1.165, 1.54) is 17.8 Å². The number of rotatable bonds is 4. The molecule has 0 atom stereocenters. The fourth-order valence-electron chi connectivity index (χ4n) is 4.66. The maximum Gasteiger partial charge on any atom is 0.213 e. The van der Waals surface area contributed by atoms with Crippen LogP contribution in [0.1, 0.15) is 22.3 Å². The highest BCUT2D eigenvalue weighted by molar-refractivity contribution is 5.73. The lowest BCUT2D eigenvalue weighted by Crippen LogP contribution is -2.45. The molecule has 32 heavy (non-hydrogen) atoms. The number of hydrogen-bond acceptors (Lipinski definition) is 6. The zero-order valence-corrected chi connectivity index (χ0v) is 17.9. The summed E-state index contributed by atoms with van der Waals surface area (Å²) in [5.41, 5.74) is 5.11. The number of aromatic nitrogens is 2. The zero-order chi connectivity index (χ0) is 21.9. The van der Waals surface area contributed by atoms with E-state index >= 15 is 0 Å². The fraction of sp³-hybridized carbons (Fsp3) is 0.320. The Morgan fingerprint density at radius 2 is 1.88 bits per heavy atom. The molecule has 1 N–H and O–H groups in total. The van der Waals surface area contributed by atoms with Crippen molar-refractivity contribution in [1.29, 1.82) is 5.26 Å². The molecule has 1 aromatic carbocycles. The van der Waals surface area contributed by atoms with E-state index in [1.54, 1.807) is 6.07 Å². The van der Waals surface area contributed by atoms with Crippen LogP contribution in [-0.2, 0) is 19.5 Å². The number of halogens is 1. The van der Waals surface area contributed by atoms with E-state index in [1.807, 2.05) is 6.07 Å². The van der Waals surface area contributed by atoms with Gasteiger partial charge in [-0.3, -0.25) is 4.90 Å². The zero-order valence-electron chi connectivity index (χ0n) is 17.9. The van der Waals surface area contributed by atoms with E-state index < -0.39 is 5.95 Å². The van der Waals surface area contributed by atoms with Crippen molar-refractivity contribution in [2.75, 3.05) is 37.6 Å². The third-order valence-electron chi connectivity index (χ3n) is 6.23. The van der Waals surface area contributed by atoms with Crippen molar-refractivity contribution in [2.24, 2.45) is 0 Å². The Labute approximate surface area is 187 Å². The smallest absolute Gasteiger partial charge is 0.213 e. The van der Waals surface area contributed by atoms with Crippen LogP contribution in [0.15, 0.2) is 48.7 Å². The first-order valence-corrected chi connectivity index (χ1v) is 11.0. The molecule has 4 heterocycles. The van der Waals surface area contributed by atoms with Crippen molar-refractivity contribution in [3.8, 4) is 17.3 Å². The molecule has 0 amide bonds. The third kappa shape index (κ3) is 4.07. The van der Waals surface area contributed by atoms with E-state index in [0.717, 1.165) is 62.6 Å². The third-order valence-corrected chi connectivity index (χ3v) is 6.23. The van der Waals surface area contributed by atoms with Crippen LogP contribution < -0.4 is 10.2 Å². The first-order valence-electron chi connectivity index (χ1n) is 11.0. The molecule has 7 heteroatoms. The van der Waals surface area contributed by atoms with Crippen molar-refractivity contribution < 1.29 is 4.39 Å². The predicted molar refractivity (Wildman–Crippen MR) is 121 cm³/mol. The number of hydrogen-bond donors (Lipinski definition) is 1. The quantitative estimate of drug-likeness (QED) is 0.644. The predicted octanol–water partition coefficient (Wildman–Crippen LogP) is 3.12. The van der Waals surface area contributed by atoms with Crippen LogP contribution in [0.3, 0.4) is 0 Å². The highest BCUT2D eigenvalue weighted by Gasteiger charge is 2.29. The molecule has 0 spiro atoms. The fourth-order valence-corrected chi connectivity index (χ4v) is 4.66. The Bertz CT molecular complexity index is 1150. The van der Waals surface area contributed by atoms with E-state index in [2.05, 4.69) is 50.4 Å². The molecule has 5 rings (SSSR count).